The molecule has 0 saturated heterocycles. The SMILES string of the molecule is OC[P+](CO)(CO)CO.[Cl-].[K]. The van der Waals surface area contributed by atoms with Gasteiger partial charge in [-0.25, -0.2) is 0 Å². The van der Waals surface area contributed by atoms with Crippen molar-refractivity contribution in [3.8, 4) is 0 Å². The van der Waals surface area contributed by atoms with Gasteiger partial charge in [0.25, 0.3) is 0 Å². The fourth-order valence-corrected chi connectivity index (χ4v) is 0.805. The zero-order valence-electron chi connectivity index (χ0n) is 6.44. The normalized spacial score (nSPS) is 9.82. The van der Waals surface area contributed by atoms with E-state index >= 15 is 0 Å². The molecule has 0 amide bonds. The first-order chi connectivity index (χ1) is 4.24. The first kappa shape index (κ1) is 18.9. The number of hydrogen-bond donors (Lipinski definition) is 4. The molecule has 4 nitrogen and oxygen atoms in total. The summed E-state index contributed by atoms with van der Waals surface area (Å²) in [5.74, 6) is 0. The molecule has 0 heterocycles. The second kappa shape index (κ2) is 10.3. The van der Waals surface area contributed by atoms with E-state index in [1.807, 2.05) is 0 Å². The van der Waals surface area contributed by atoms with Crippen LogP contribution in [0.4, 0.5) is 0 Å². The molecule has 0 aromatic carbocycles. The fourth-order valence-electron chi connectivity index (χ4n) is 0.268. The Kier molecular flexibility index (Phi) is 17.6. The maximum absolute atomic E-state index is 8.55. The quantitative estimate of drug-likeness (QED) is 0.289. The van der Waals surface area contributed by atoms with Crippen LogP contribution in [0.15, 0.2) is 0 Å². The van der Waals surface area contributed by atoms with E-state index < -0.39 is 7.26 Å². The van der Waals surface area contributed by atoms with Gasteiger partial charge in [0.15, 0.2) is 25.4 Å². The largest absolute Gasteiger partial charge is 1.00 e. The Morgan fingerprint density at radius 2 is 0.909 bits per heavy atom. The standard InChI is InChI=1S/C4H12O4P.ClH.K/c5-1-9(2-6,3-7)4-8;;/h5-8H,1-4H2;1H;/q+1;;/p-1. The monoisotopic (exact) mass is 229 g/mol. The van der Waals surface area contributed by atoms with Gasteiger partial charge in [-0.05, 0) is 0 Å². The summed E-state index contributed by atoms with van der Waals surface area (Å²) in [4.78, 5) is 0. The minimum atomic E-state index is -2.20. The number of hydrogen-bond acceptors (Lipinski definition) is 4. The van der Waals surface area contributed by atoms with Gasteiger partial charge in [0.1, 0.15) is 7.26 Å². The van der Waals surface area contributed by atoms with Gasteiger partial charge in [0.05, 0.1) is 0 Å². The van der Waals surface area contributed by atoms with Crippen LogP contribution in [-0.2, 0) is 0 Å². The zero-order chi connectivity index (χ0) is 7.33. The summed E-state index contributed by atoms with van der Waals surface area (Å²) >= 11 is 0. The van der Waals surface area contributed by atoms with Crippen LogP contribution in [0.3, 0.4) is 0 Å². The molecule has 0 unspecified atom stereocenters. The molecule has 0 aliphatic carbocycles. The molecule has 65 valence electrons. The molecule has 0 spiro atoms. The van der Waals surface area contributed by atoms with Gasteiger partial charge >= 0.3 is 0 Å². The number of halogens is 1. The molecule has 11 heavy (non-hydrogen) atoms. The van der Waals surface area contributed by atoms with Crippen molar-refractivity contribution >= 4 is 58.6 Å². The van der Waals surface area contributed by atoms with Crippen LogP contribution in [-0.4, -0.2) is 97.2 Å². The van der Waals surface area contributed by atoms with Gasteiger partial charge in [-0.1, -0.05) is 0 Å². The Bertz CT molecular complexity index is 65.0. The molecule has 0 saturated carbocycles. The van der Waals surface area contributed by atoms with Crippen molar-refractivity contribution in [2.24, 2.45) is 0 Å². The summed E-state index contributed by atoms with van der Waals surface area (Å²) in [5.41, 5.74) is 0. The van der Waals surface area contributed by atoms with E-state index in [0.29, 0.717) is 0 Å². The minimum absolute atomic E-state index is 0. The summed E-state index contributed by atoms with van der Waals surface area (Å²) in [5, 5.41) is 34.2. The molecule has 0 aliphatic rings. The molecular weight excluding hydrogens is 218 g/mol. The average molecular weight is 230 g/mol. The maximum atomic E-state index is 8.55. The average Bonchev–Trinajstić information content (AvgIpc) is 1.95. The fraction of sp³-hybridized carbons (Fsp3) is 1.00. The number of rotatable bonds is 4. The third-order valence-corrected chi connectivity index (χ3v) is 3.60. The van der Waals surface area contributed by atoms with E-state index in [9.17, 15) is 0 Å². The third kappa shape index (κ3) is 6.29. The molecule has 0 rings (SSSR count). The molecule has 0 aromatic rings. The van der Waals surface area contributed by atoms with Gasteiger partial charge in [-0.2, -0.15) is 0 Å². The second-order valence-corrected chi connectivity index (χ2v) is 5.72. The first-order valence-electron chi connectivity index (χ1n) is 2.53. The van der Waals surface area contributed by atoms with Crippen LogP contribution >= 0.6 is 7.26 Å². The van der Waals surface area contributed by atoms with E-state index in [0.717, 1.165) is 0 Å². The molecule has 0 bridgehead atoms. The summed E-state index contributed by atoms with van der Waals surface area (Å²) < 4.78 is 0. The summed E-state index contributed by atoms with van der Waals surface area (Å²) in [6.45, 7) is 0. The van der Waals surface area contributed by atoms with Gasteiger partial charge < -0.3 is 32.8 Å². The summed E-state index contributed by atoms with van der Waals surface area (Å²) in [6.07, 6.45) is -1.18. The predicted molar refractivity (Wildman–Crippen MR) is 41.0 cm³/mol. The number of aliphatic hydroxyl groups is 4. The smallest absolute Gasteiger partial charge is 0.161 e. The molecule has 0 aromatic heterocycles. The Labute approximate surface area is 115 Å². The van der Waals surface area contributed by atoms with Gasteiger partial charge in [0.2, 0.25) is 0 Å². The number of aliphatic hydroxyl groups excluding tert-OH is 4. The van der Waals surface area contributed by atoms with E-state index in [2.05, 4.69) is 0 Å². The Morgan fingerprint density at radius 3 is 0.909 bits per heavy atom. The van der Waals surface area contributed by atoms with Crippen LogP contribution < -0.4 is 12.4 Å². The molecular formula is C4H12ClKO4P. The summed E-state index contributed by atoms with van der Waals surface area (Å²) in [7, 11) is -2.20. The Morgan fingerprint density at radius 1 is 0.727 bits per heavy atom. The van der Waals surface area contributed by atoms with E-state index in [4.69, 9.17) is 20.4 Å². The van der Waals surface area contributed by atoms with E-state index in [-0.39, 0.29) is 89.2 Å². The van der Waals surface area contributed by atoms with Crippen LogP contribution in [0.2, 0.25) is 0 Å². The summed E-state index contributed by atoms with van der Waals surface area (Å²) in [6, 6.07) is 0. The van der Waals surface area contributed by atoms with Crippen molar-refractivity contribution in [2.75, 3.05) is 25.4 Å². The van der Waals surface area contributed by atoms with E-state index in [1.165, 1.54) is 0 Å². The van der Waals surface area contributed by atoms with Crippen LogP contribution in [0.25, 0.3) is 0 Å². The van der Waals surface area contributed by atoms with Crippen molar-refractivity contribution in [2.45, 2.75) is 0 Å². The van der Waals surface area contributed by atoms with Crippen molar-refractivity contribution < 1.29 is 32.8 Å². The molecule has 0 fully saturated rings. The molecule has 4 N–H and O–H groups in total. The predicted octanol–water partition coefficient (Wildman–Crippen LogP) is -4.57. The van der Waals surface area contributed by atoms with Gasteiger partial charge in [-0.15, -0.1) is 0 Å². The van der Waals surface area contributed by atoms with Crippen LogP contribution in [0, 0.1) is 0 Å². The topological polar surface area (TPSA) is 80.9 Å². The van der Waals surface area contributed by atoms with Crippen LogP contribution in [0.5, 0.6) is 0 Å². The van der Waals surface area contributed by atoms with Crippen molar-refractivity contribution in [3.63, 3.8) is 0 Å². The minimum Gasteiger partial charge on any atom is -1.00 e. The van der Waals surface area contributed by atoms with Gasteiger partial charge in [0, 0.05) is 51.4 Å². The third-order valence-electron chi connectivity index (χ3n) is 1.20. The van der Waals surface area contributed by atoms with Crippen molar-refractivity contribution in [1.29, 1.82) is 0 Å². The first-order valence-corrected chi connectivity index (χ1v) is 5.06. The second-order valence-electron chi connectivity index (χ2n) is 1.91. The van der Waals surface area contributed by atoms with E-state index in [1.54, 1.807) is 0 Å². The molecule has 1 radical (unpaired) electrons. The molecule has 7 heteroatoms. The van der Waals surface area contributed by atoms with Crippen LogP contribution in [0.1, 0.15) is 0 Å². The Balaban J connectivity index is -0.000000320. The maximum Gasteiger partial charge on any atom is 0.161 e. The molecule has 0 atom stereocenters. The van der Waals surface area contributed by atoms with Crippen molar-refractivity contribution in [3.05, 3.63) is 0 Å². The molecule has 0 aliphatic heterocycles. The van der Waals surface area contributed by atoms with Crippen molar-refractivity contribution in [1.82, 2.24) is 0 Å². The van der Waals surface area contributed by atoms with Gasteiger partial charge in [-0.3, -0.25) is 0 Å². The Hall–Kier alpha value is 2.20. The zero-order valence-corrected chi connectivity index (χ0v) is 11.2.